The van der Waals surface area contributed by atoms with E-state index in [0.717, 1.165) is 0 Å². The maximum atomic E-state index is 16.0. The van der Waals surface area contributed by atoms with Gasteiger partial charge in [0.25, 0.3) is 6.48 Å². The number of hydrogen-bond donors (Lipinski definition) is 0. The van der Waals surface area contributed by atoms with Crippen molar-refractivity contribution in [3.05, 3.63) is 0 Å². The van der Waals surface area contributed by atoms with Crippen LogP contribution in [0.25, 0.3) is 0 Å². The molecule has 0 aliphatic heterocycles. The largest absolute Gasteiger partial charge is 0.379 e. The van der Waals surface area contributed by atoms with E-state index in [0.29, 0.717) is 0 Å². The molecule has 0 N–H and O–H groups in total. The van der Waals surface area contributed by atoms with E-state index >= 15 is 26.3 Å². The van der Waals surface area contributed by atoms with Gasteiger partial charge in [-0.15, -0.1) is 0 Å². The molecule has 12 atom stereocenters. The zero-order valence-corrected chi connectivity index (χ0v) is 35.0. The molecule has 0 aromatic carbocycles. The van der Waals surface area contributed by atoms with Gasteiger partial charge in [0.1, 0.15) is 0 Å². The van der Waals surface area contributed by atoms with Gasteiger partial charge in [-0.3, -0.25) is 14.2 Å². The van der Waals surface area contributed by atoms with Gasteiger partial charge in [-0.2, -0.15) is 132 Å². The fraction of sp³-hybridized carbons (Fsp3) is 1.00. The minimum absolute atomic E-state index is 0.937. The summed E-state index contributed by atoms with van der Waals surface area (Å²) in [6, 6.07) is 0. The van der Waals surface area contributed by atoms with E-state index in [1.165, 1.54) is 0 Å². The van der Waals surface area contributed by atoms with Crippen LogP contribution in [0.1, 0.15) is 20.8 Å². The summed E-state index contributed by atoms with van der Waals surface area (Å²) in [5.41, 5.74) is -16.6. The molecule has 0 heterocycles. The van der Waals surface area contributed by atoms with E-state index in [1.54, 1.807) is 0 Å². The summed E-state index contributed by atoms with van der Waals surface area (Å²) in [5.74, 6) is -149. The van der Waals surface area contributed by atoms with Crippen LogP contribution in [0.5, 0.6) is 0 Å². The molecule has 6 aliphatic carbocycles. The van der Waals surface area contributed by atoms with Gasteiger partial charge in [-0.1, -0.05) is 0 Å². The molecule has 446 valence electrons. The van der Waals surface area contributed by atoms with E-state index in [-0.39, 0.29) is 0 Å². The molecule has 0 aromatic rings. The molecular weight excluding hydrogens is 1200 g/mol. The summed E-state index contributed by atoms with van der Waals surface area (Å²) in [7, 11) is 0. The van der Waals surface area contributed by atoms with Crippen molar-refractivity contribution in [2.45, 2.75) is 168 Å². The minimum atomic E-state index is -7.79. The Kier molecular flexibility index (Phi) is 12.3. The lowest BCUT2D eigenvalue weighted by Gasteiger charge is -2.61. The topological polar surface area (TPSA) is 83.1 Å². The van der Waals surface area contributed by atoms with Gasteiger partial charge in [-0.25, -0.2) is 26.3 Å². The SMILES string of the molecule is CC1(F)C(F)(F)C(F)(F)C1(F)OCOC1(F)C(F)(F)C(F)(F)C1(F)OC(OC1(F)C(F)(F)C(F)(F)C1(F)OCOC1(F)C(C)(F)C(F)(F)C1(F)F)OC1(F)C(F)(F)C(F)(F)C1(F)OCOC1(F)C(C)(F)C(F)(F)C1(F)F. The molecule has 12 unspecified atom stereocenters. The van der Waals surface area contributed by atoms with Crippen molar-refractivity contribution in [2.75, 3.05) is 20.4 Å². The summed E-state index contributed by atoms with van der Waals surface area (Å²) >= 11 is 0. The second-order valence-electron chi connectivity index (χ2n) is 17.1. The third kappa shape index (κ3) is 5.50. The number of ether oxygens (including phenoxy) is 9. The Morgan fingerprint density at radius 1 is 0.197 bits per heavy atom. The third-order valence-corrected chi connectivity index (χ3v) is 13.1. The lowest BCUT2D eigenvalue weighted by Crippen LogP contribution is -2.91. The Hall–Kier alpha value is -2.88. The highest BCUT2D eigenvalue weighted by Crippen LogP contribution is 2.76. The van der Waals surface area contributed by atoms with Gasteiger partial charge in [0, 0.05) is 0 Å². The smallest absolute Gasteiger partial charge is 0.311 e. The van der Waals surface area contributed by atoms with E-state index in [4.69, 9.17) is 0 Å². The molecule has 0 bridgehead atoms. The highest BCUT2D eigenvalue weighted by atomic mass is 19.4. The molecule has 6 rings (SSSR count). The maximum absolute atomic E-state index is 16.0. The van der Waals surface area contributed by atoms with Crippen LogP contribution in [0.4, 0.5) is 158 Å². The molecule has 6 aliphatic rings. The van der Waals surface area contributed by atoms with E-state index < -0.39 is 188 Å². The average molecular weight is 1220 g/mol. The number of halogens is 36. The van der Waals surface area contributed by atoms with E-state index in [2.05, 4.69) is 42.6 Å². The Balaban J connectivity index is 1.43. The highest BCUT2D eigenvalue weighted by molar-refractivity contribution is 5.30. The summed E-state index contributed by atoms with van der Waals surface area (Å²) in [4.78, 5) is 0. The van der Waals surface area contributed by atoms with Crippen molar-refractivity contribution in [3.8, 4) is 0 Å². The van der Waals surface area contributed by atoms with Crippen LogP contribution in [0.15, 0.2) is 0 Å². The monoisotopic (exact) mass is 1220 g/mol. The van der Waals surface area contributed by atoms with Crippen LogP contribution in [-0.4, -0.2) is 168 Å². The summed E-state index contributed by atoms with van der Waals surface area (Å²) in [6.45, 7) is -20.7. The van der Waals surface area contributed by atoms with Gasteiger partial charge in [0.05, 0.1) is 0 Å². The van der Waals surface area contributed by atoms with Crippen LogP contribution >= 0.6 is 0 Å². The highest BCUT2D eigenvalue weighted by Gasteiger charge is 3.07. The normalized spacial score (nSPS) is 49.6. The predicted octanol–water partition coefficient (Wildman–Crippen LogP) is 11.2. The molecular formula is C31H16F36O9. The van der Waals surface area contributed by atoms with Crippen molar-refractivity contribution in [1.82, 2.24) is 0 Å². The van der Waals surface area contributed by atoms with Crippen molar-refractivity contribution < 1.29 is 201 Å². The lowest BCUT2D eigenvalue weighted by molar-refractivity contribution is -0.642. The Bertz CT molecular complexity index is 2060. The fourth-order valence-corrected chi connectivity index (χ4v) is 7.75. The second-order valence-corrected chi connectivity index (χ2v) is 17.1. The Morgan fingerprint density at radius 3 is 0.487 bits per heavy atom. The first-order valence-electron chi connectivity index (χ1n) is 18.6. The van der Waals surface area contributed by atoms with Crippen LogP contribution in [-0.2, 0) is 42.6 Å². The Labute approximate surface area is 390 Å². The first kappa shape index (κ1) is 62.3. The number of rotatable bonds is 18. The summed E-state index contributed by atoms with van der Waals surface area (Å²) in [6.07, 6.45) is 0. The molecule has 0 saturated heterocycles. The van der Waals surface area contributed by atoms with Crippen molar-refractivity contribution in [1.29, 1.82) is 0 Å². The molecule has 6 saturated carbocycles. The zero-order valence-electron chi connectivity index (χ0n) is 35.0. The molecule has 9 nitrogen and oxygen atoms in total. The zero-order chi connectivity index (χ0) is 60.1. The first-order valence-corrected chi connectivity index (χ1v) is 18.6. The minimum Gasteiger partial charge on any atom is -0.311 e. The first-order chi connectivity index (χ1) is 32.9. The fourth-order valence-electron chi connectivity index (χ4n) is 7.75. The molecule has 0 aromatic heterocycles. The van der Waals surface area contributed by atoms with Gasteiger partial charge >= 0.3 is 124 Å². The molecule has 0 amide bonds. The van der Waals surface area contributed by atoms with Crippen LogP contribution in [0.3, 0.4) is 0 Å². The third-order valence-electron chi connectivity index (χ3n) is 13.1. The maximum Gasteiger partial charge on any atom is 0.379 e. The summed E-state index contributed by atoms with van der Waals surface area (Å²) < 4.78 is 547. The molecule has 0 spiro atoms. The van der Waals surface area contributed by atoms with Crippen molar-refractivity contribution in [3.63, 3.8) is 0 Å². The van der Waals surface area contributed by atoms with Crippen molar-refractivity contribution in [2.24, 2.45) is 0 Å². The molecule has 76 heavy (non-hydrogen) atoms. The predicted molar refractivity (Wildman–Crippen MR) is 151 cm³/mol. The number of hydrogen-bond acceptors (Lipinski definition) is 9. The molecule has 6 fully saturated rings. The van der Waals surface area contributed by atoms with Gasteiger partial charge in [-0.05, 0) is 20.8 Å². The quantitative estimate of drug-likeness (QED) is 0.0984. The standard InChI is InChI=1S/C31H16F36O9/c1-8(32)11(35,36)14(41,42)23(8,59)68-4-71-26(62)17(47,48)20(53,54)29(26,65)74-7(75-30(66)21(55,56)18(49,50)27(30,63)72-5-69-24(60)9(2,33)12(37,38)15(24,43)44)76-31(67)22(57,58)19(51,52)28(31,64)73-6-70-25(61)10(3,34)13(39,40)16(25,45)46/h7H,4-6H2,1-3H3. The van der Waals surface area contributed by atoms with Crippen LogP contribution in [0, 0.1) is 0 Å². The van der Waals surface area contributed by atoms with Crippen molar-refractivity contribution >= 4 is 0 Å². The number of alkyl halides is 36. The molecule has 45 heteroatoms. The van der Waals surface area contributed by atoms with Gasteiger partial charge in [0.15, 0.2) is 20.4 Å². The van der Waals surface area contributed by atoms with E-state index in [9.17, 15) is 132 Å². The summed E-state index contributed by atoms with van der Waals surface area (Å²) in [5, 5.41) is 0. The van der Waals surface area contributed by atoms with Crippen LogP contribution in [0.2, 0.25) is 0 Å². The average Bonchev–Trinajstić information content (AvgIpc) is 3.25. The lowest BCUT2D eigenvalue weighted by atomic mass is 9.69. The van der Waals surface area contributed by atoms with Gasteiger partial charge < -0.3 is 28.4 Å². The second kappa shape index (κ2) is 15.0. The van der Waals surface area contributed by atoms with Crippen LogP contribution < -0.4 is 0 Å². The Morgan fingerprint density at radius 2 is 0.329 bits per heavy atom. The van der Waals surface area contributed by atoms with Gasteiger partial charge in [0.2, 0.25) is 17.0 Å². The molecule has 0 radical (unpaired) electrons. The van der Waals surface area contributed by atoms with E-state index in [1.807, 2.05) is 0 Å².